The summed E-state index contributed by atoms with van der Waals surface area (Å²) in [6.45, 7) is 16.7. The summed E-state index contributed by atoms with van der Waals surface area (Å²) in [7, 11) is 1.57. The second-order valence-electron chi connectivity index (χ2n) is 11.6. The molecule has 43 heavy (non-hydrogen) atoms. The maximum atomic E-state index is 13.7. The Morgan fingerprint density at radius 2 is 1.65 bits per heavy atom. The largest absolute Gasteiger partial charge is 0.464 e. The third-order valence-electron chi connectivity index (χ3n) is 6.55. The number of benzene rings is 2. The number of anilines is 2. The van der Waals surface area contributed by atoms with E-state index in [0.717, 1.165) is 22.4 Å². The summed E-state index contributed by atoms with van der Waals surface area (Å²) < 4.78 is 10.4. The van der Waals surface area contributed by atoms with Crippen LogP contribution in [0.4, 0.5) is 16.2 Å². The number of hydrogen-bond donors (Lipinski definition) is 4. The van der Waals surface area contributed by atoms with Gasteiger partial charge in [-0.05, 0) is 117 Å². The summed E-state index contributed by atoms with van der Waals surface area (Å²) in [5.41, 5.74) is 2.46. The van der Waals surface area contributed by atoms with Gasteiger partial charge in [0, 0.05) is 28.5 Å². The number of rotatable bonds is 9. The van der Waals surface area contributed by atoms with E-state index < -0.39 is 29.1 Å². The first kappa shape index (κ1) is 34.8. The molecule has 1 unspecified atom stereocenters. The van der Waals surface area contributed by atoms with Crippen LogP contribution in [0.3, 0.4) is 0 Å². The predicted molar refractivity (Wildman–Crippen MR) is 171 cm³/mol. The first-order chi connectivity index (χ1) is 20.0. The third kappa shape index (κ3) is 9.32. The standard InChI is InChI=1S/C33H45N5O5/c1-11-42-30(40)33(9,35-10)29(39)38(21(2)3)27-20-22(4)25(19-23(27)5)13-12-18-36-26-16-14-24(15-17-26)28(34)37-31(41)43-32(6,7)8/h14-17,19-21,35-36H,11,18H2,1-10H3,(H2,34,37,41). The highest BCUT2D eigenvalue weighted by Crippen LogP contribution is 2.29. The van der Waals surface area contributed by atoms with Crippen LogP contribution in [-0.4, -0.2) is 61.2 Å². The maximum Gasteiger partial charge on any atom is 0.413 e. The molecule has 0 aliphatic carbocycles. The van der Waals surface area contributed by atoms with Gasteiger partial charge in [0.25, 0.3) is 5.91 Å². The number of hydrogen-bond acceptors (Lipinski definition) is 8. The Balaban J connectivity index is 2.14. The van der Waals surface area contributed by atoms with E-state index in [-0.39, 0.29) is 18.5 Å². The van der Waals surface area contributed by atoms with Crippen LogP contribution in [0.25, 0.3) is 0 Å². The fourth-order valence-corrected chi connectivity index (χ4v) is 4.15. The molecule has 2 aromatic rings. The molecular weight excluding hydrogens is 546 g/mol. The molecule has 0 saturated carbocycles. The SMILES string of the molecule is CCOC(=O)C(C)(NC)C(=O)N(c1cc(C)c(C#CCNc2ccc(C(=N)NC(=O)OC(C)(C)C)cc2)cc1C)C(C)C. The van der Waals surface area contributed by atoms with Gasteiger partial charge in [0.15, 0.2) is 5.54 Å². The van der Waals surface area contributed by atoms with Crippen LogP contribution in [0.15, 0.2) is 36.4 Å². The van der Waals surface area contributed by atoms with E-state index in [1.54, 1.807) is 63.9 Å². The minimum Gasteiger partial charge on any atom is -0.464 e. The second-order valence-corrected chi connectivity index (χ2v) is 11.6. The molecule has 2 aromatic carbocycles. The van der Waals surface area contributed by atoms with Crippen LogP contribution in [0.1, 0.15) is 70.7 Å². The number of ether oxygens (including phenoxy) is 2. The van der Waals surface area contributed by atoms with Gasteiger partial charge in [0.2, 0.25) is 0 Å². The minimum absolute atomic E-state index is 0.0518. The fourth-order valence-electron chi connectivity index (χ4n) is 4.15. The third-order valence-corrected chi connectivity index (χ3v) is 6.55. The molecule has 0 aliphatic heterocycles. The average molecular weight is 592 g/mol. The number of alkyl carbamates (subject to hydrolysis) is 1. The molecule has 0 spiro atoms. The van der Waals surface area contributed by atoms with Crippen molar-refractivity contribution in [3.05, 3.63) is 58.7 Å². The molecule has 4 N–H and O–H groups in total. The van der Waals surface area contributed by atoms with Crippen molar-refractivity contribution in [2.24, 2.45) is 0 Å². The van der Waals surface area contributed by atoms with Crippen molar-refractivity contribution >= 4 is 35.2 Å². The quantitative estimate of drug-likeness (QED) is 0.107. The van der Waals surface area contributed by atoms with Gasteiger partial charge in [-0.2, -0.15) is 0 Å². The number of aryl methyl sites for hydroxylation is 2. The number of nitrogens with one attached hydrogen (secondary N) is 4. The number of nitrogens with zero attached hydrogens (tertiary/aromatic N) is 1. The molecule has 10 nitrogen and oxygen atoms in total. The normalized spacial score (nSPS) is 12.3. The van der Waals surface area contributed by atoms with Crippen LogP contribution in [0.2, 0.25) is 0 Å². The number of carbonyl (C=O) groups is 3. The van der Waals surface area contributed by atoms with Gasteiger partial charge in [0.1, 0.15) is 11.4 Å². The predicted octanol–water partition coefficient (Wildman–Crippen LogP) is 4.90. The van der Waals surface area contributed by atoms with Crippen LogP contribution in [0.5, 0.6) is 0 Å². The van der Waals surface area contributed by atoms with E-state index in [9.17, 15) is 14.4 Å². The Labute approximate surface area is 255 Å². The molecule has 10 heteroatoms. The summed E-state index contributed by atoms with van der Waals surface area (Å²) in [6.07, 6.45) is -0.676. The smallest absolute Gasteiger partial charge is 0.413 e. The zero-order valence-corrected chi connectivity index (χ0v) is 26.9. The van der Waals surface area contributed by atoms with E-state index in [1.165, 1.54) is 6.92 Å². The first-order valence-electron chi connectivity index (χ1n) is 14.3. The molecule has 0 aromatic heterocycles. The fraction of sp³-hybridized carbons (Fsp3) is 0.455. The average Bonchev–Trinajstić information content (AvgIpc) is 2.92. The number of amides is 2. The van der Waals surface area contributed by atoms with Gasteiger partial charge in [0.05, 0.1) is 13.2 Å². The summed E-state index contributed by atoms with van der Waals surface area (Å²) in [4.78, 5) is 39.9. The van der Waals surface area contributed by atoms with Crippen LogP contribution in [-0.2, 0) is 19.1 Å². The molecule has 0 bridgehead atoms. The van der Waals surface area contributed by atoms with Crippen molar-refractivity contribution in [3.63, 3.8) is 0 Å². The summed E-state index contributed by atoms with van der Waals surface area (Å²) in [6, 6.07) is 10.7. The lowest BCUT2D eigenvalue weighted by Crippen LogP contribution is -2.62. The Morgan fingerprint density at radius 3 is 2.19 bits per heavy atom. The van der Waals surface area contributed by atoms with Crippen molar-refractivity contribution in [2.45, 2.75) is 79.5 Å². The molecule has 0 aliphatic rings. The summed E-state index contributed by atoms with van der Waals surface area (Å²) in [5, 5.41) is 16.6. The highest BCUT2D eigenvalue weighted by atomic mass is 16.6. The molecule has 1 atom stereocenters. The van der Waals surface area contributed by atoms with E-state index in [2.05, 4.69) is 27.8 Å². The zero-order chi connectivity index (χ0) is 32.5. The lowest BCUT2D eigenvalue weighted by atomic mass is 9.97. The summed E-state index contributed by atoms with van der Waals surface area (Å²) >= 11 is 0. The van der Waals surface area contributed by atoms with Crippen molar-refractivity contribution < 1.29 is 23.9 Å². The van der Waals surface area contributed by atoms with Crippen LogP contribution in [0, 0.1) is 31.1 Å². The highest BCUT2D eigenvalue weighted by molar-refractivity contribution is 6.14. The van der Waals surface area contributed by atoms with E-state index in [4.69, 9.17) is 14.9 Å². The van der Waals surface area contributed by atoms with Crippen LogP contribution >= 0.6 is 0 Å². The minimum atomic E-state index is -1.53. The number of likely N-dealkylation sites (N-methyl/N-ethyl adjacent to an activating group) is 1. The Morgan fingerprint density at radius 1 is 1.02 bits per heavy atom. The van der Waals surface area contributed by atoms with E-state index >= 15 is 0 Å². The molecule has 232 valence electrons. The number of esters is 1. The van der Waals surface area contributed by atoms with Gasteiger partial charge >= 0.3 is 12.1 Å². The summed E-state index contributed by atoms with van der Waals surface area (Å²) in [5.74, 6) is 5.26. The Hall–Kier alpha value is -4.36. The number of amidine groups is 1. The monoisotopic (exact) mass is 591 g/mol. The molecule has 0 heterocycles. The molecule has 2 amide bonds. The lowest BCUT2D eigenvalue weighted by molar-refractivity contribution is -0.154. The van der Waals surface area contributed by atoms with E-state index in [0.29, 0.717) is 17.8 Å². The van der Waals surface area contributed by atoms with Gasteiger partial charge in [-0.3, -0.25) is 20.8 Å². The van der Waals surface area contributed by atoms with Gasteiger partial charge in [-0.1, -0.05) is 11.8 Å². The zero-order valence-electron chi connectivity index (χ0n) is 26.9. The van der Waals surface area contributed by atoms with Gasteiger partial charge in [-0.15, -0.1) is 0 Å². The lowest BCUT2D eigenvalue weighted by Gasteiger charge is -2.36. The van der Waals surface area contributed by atoms with Crippen molar-refractivity contribution in [2.75, 3.05) is 30.4 Å². The topological polar surface area (TPSA) is 133 Å². The highest BCUT2D eigenvalue weighted by Gasteiger charge is 2.45. The van der Waals surface area contributed by atoms with Crippen LogP contribution < -0.4 is 20.9 Å². The molecule has 0 fully saturated rings. The number of carbonyl (C=O) groups excluding carboxylic acids is 3. The second kappa shape index (κ2) is 14.7. The van der Waals surface area contributed by atoms with Crippen molar-refractivity contribution in [1.82, 2.24) is 10.6 Å². The molecule has 0 radical (unpaired) electrons. The first-order valence-corrected chi connectivity index (χ1v) is 14.3. The van der Waals surface area contributed by atoms with Gasteiger partial charge in [-0.25, -0.2) is 9.59 Å². The van der Waals surface area contributed by atoms with E-state index in [1.807, 2.05) is 39.8 Å². The van der Waals surface area contributed by atoms with Crippen molar-refractivity contribution in [1.29, 1.82) is 5.41 Å². The Bertz CT molecular complexity index is 1400. The maximum absolute atomic E-state index is 13.7. The van der Waals surface area contributed by atoms with Gasteiger partial charge < -0.3 is 19.7 Å². The van der Waals surface area contributed by atoms with Crippen molar-refractivity contribution in [3.8, 4) is 11.8 Å². The molecule has 0 saturated heterocycles. The Kier molecular flexibility index (Phi) is 11.9. The molecular formula is C33H45N5O5. The molecule has 2 rings (SSSR count).